The topological polar surface area (TPSA) is 93.9 Å². The minimum atomic E-state index is -0.550. The molecule has 2 amide bonds. The Kier molecular flexibility index (Phi) is 5.73. The summed E-state index contributed by atoms with van der Waals surface area (Å²) < 4.78 is 11.4. The lowest BCUT2D eigenvalue weighted by Crippen LogP contribution is -2.35. The number of anilines is 1. The summed E-state index contributed by atoms with van der Waals surface area (Å²) in [6.07, 6.45) is 0.998. The van der Waals surface area contributed by atoms with Gasteiger partial charge in [-0.3, -0.25) is 9.59 Å². The first-order valence-electron chi connectivity index (χ1n) is 9.11. The van der Waals surface area contributed by atoms with Gasteiger partial charge < -0.3 is 25.4 Å². The van der Waals surface area contributed by atoms with Crippen molar-refractivity contribution >= 4 is 17.5 Å². The number of carbonyl (C=O) groups is 2. The van der Waals surface area contributed by atoms with Crippen molar-refractivity contribution in [1.29, 1.82) is 0 Å². The molecular formula is C21H25N3O4. The highest BCUT2D eigenvalue weighted by Crippen LogP contribution is 2.36. The van der Waals surface area contributed by atoms with E-state index in [1.807, 2.05) is 25.1 Å². The highest BCUT2D eigenvalue weighted by Gasteiger charge is 2.23. The molecule has 3 N–H and O–H groups in total. The largest absolute Gasteiger partial charge is 0.497 e. The minimum Gasteiger partial charge on any atom is -0.497 e. The van der Waals surface area contributed by atoms with Crippen LogP contribution < -0.4 is 20.5 Å². The summed E-state index contributed by atoms with van der Waals surface area (Å²) in [5.41, 5.74) is 8.58. The van der Waals surface area contributed by atoms with Gasteiger partial charge in [-0.05, 0) is 37.3 Å². The Morgan fingerprint density at radius 3 is 2.82 bits per heavy atom. The molecule has 1 atom stereocenters. The van der Waals surface area contributed by atoms with E-state index in [0.717, 1.165) is 34.7 Å². The highest BCUT2D eigenvalue weighted by molar-refractivity contribution is 5.96. The molecule has 1 heterocycles. The number of methoxy groups -OCH3 is 1. The van der Waals surface area contributed by atoms with Gasteiger partial charge in [-0.1, -0.05) is 6.07 Å². The van der Waals surface area contributed by atoms with Crippen molar-refractivity contribution in [3.63, 3.8) is 0 Å². The normalized spacial score (nSPS) is 14.8. The predicted molar refractivity (Wildman–Crippen MR) is 107 cm³/mol. The summed E-state index contributed by atoms with van der Waals surface area (Å²) in [4.78, 5) is 24.8. The van der Waals surface area contributed by atoms with Crippen molar-refractivity contribution in [3.05, 3.63) is 53.1 Å². The Hall–Kier alpha value is -3.22. The molecule has 3 rings (SSSR count). The molecule has 2 aromatic rings. The van der Waals surface area contributed by atoms with Crippen molar-refractivity contribution in [3.8, 4) is 11.5 Å². The molecule has 0 saturated heterocycles. The molecule has 1 aliphatic rings. The molecule has 0 aliphatic carbocycles. The van der Waals surface area contributed by atoms with Crippen molar-refractivity contribution in [2.45, 2.75) is 26.0 Å². The van der Waals surface area contributed by atoms with Crippen molar-refractivity contribution < 1.29 is 19.1 Å². The fourth-order valence-electron chi connectivity index (χ4n) is 3.31. The molecule has 0 radical (unpaired) electrons. The number of fused-ring (bicyclic) bond motifs is 1. The zero-order chi connectivity index (χ0) is 20.3. The number of nitrogens with zero attached hydrogens (tertiary/aromatic N) is 1. The molecule has 0 fully saturated rings. The minimum absolute atomic E-state index is 0.123. The molecular weight excluding hydrogens is 358 g/mol. The van der Waals surface area contributed by atoms with Crippen LogP contribution in [0.25, 0.3) is 0 Å². The number of hydrogen-bond acceptors (Lipinski definition) is 5. The second-order valence-electron chi connectivity index (χ2n) is 6.97. The first-order chi connectivity index (χ1) is 13.4. The molecule has 0 saturated carbocycles. The maximum absolute atomic E-state index is 12.4. The molecule has 0 spiro atoms. The maximum Gasteiger partial charge on any atom is 0.254 e. The van der Waals surface area contributed by atoms with Crippen LogP contribution >= 0.6 is 0 Å². The van der Waals surface area contributed by atoms with Crippen LogP contribution in [0.2, 0.25) is 0 Å². The third kappa shape index (κ3) is 4.36. The number of hydrogen-bond donors (Lipinski definition) is 2. The molecule has 7 nitrogen and oxygen atoms in total. The summed E-state index contributed by atoms with van der Waals surface area (Å²) in [5, 5.41) is 3.33. The van der Waals surface area contributed by atoms with Gasteiger partial charge in [0.2, 0.25) is 5.91 Å². The van der Waals surface area contributed by atoms with Gasteiger partial charge in [-0.15, -0.1) is 0 Å². The predicted octanol–water partition coefficient (Wildman–Crippen LogP) is 2.19. The van der Waals surface area contributed by atoms with Crippen molar-refractivity contribution in [2.75, 3.05) is 26.0 Å². The maximum atomic E-state index is 12.4. The van der Waals surface area contributed by atoms with Crippen molar-refractivity contribution in [2.24, 2.45) is 5.73 Å². The van der Waals surface area contributed by atoms with E-state index in [1.54, 1.807) is 32.4 Å². The first-order valence-corrected chi connectivity index (χ1v) is 9.11. The van der Waals surface area contributed by atoms with Crippen LogP contribution in [0.15, 0.2) is 36.4 Å². The van der Waals surface area contributed by atoms with E-state index < -0.39 is 5.91 Å². The number of carbonyl (C=O) groups excluding carboxylic acids is 2. The molecule has 2 aromatic carbocycles. The molecule has 148 valence electrons. The van der Waals surface area contributed by atoms with Crippen LogP contribution in [0.1, 0.15) is 28.4 Å². The molecule has 1 unspecified atom stereocenters. The van der Waals surface area contributed by atoms with Gasteiger partial charge in [0.05, 0.1) is 13.7 Å². The second kappa shape index (κ2) is 8.21. The molecule has 0 aromatic heterocycles. The number of nitrogens with two attached hydrogens (primary N) is 1. The van der Waals surface area contributed by atoms with Gasteiger partial charge >= 0.3 is 0 Å². The van der Waals surface area contributed by atoms with Crippen LogP contribution in [0, 0.1) is 0 Å². The number of amides is 2. The number of primary amides is 1. The van der Waals surface area contributed by atoms with Crippen LogP contribution in [0.3, 0.4) is 0 Å². The van der Waals surface area contributed by atoms with E-state index >= 15 is 0 Å². The van der Waals surface area contributed by atoms with Crippen LogP contribution in [0.4, 0.5) is 5.69 Å². The lowest BCUT2D eigenvalue weighted by atomic mass is 10.1. The molecule has 7 heteroatoms. The number of nitrogens with one attached hydrogen (secondary N) is 1. The lowest BCUT2D eigenvalue weighted by molar-refractivity contribution is -0.118. The number of likely N-dealkylation sites (N-methyl/N-ethyl adjacent to an activating group) is 1. The quantitative estimate of drug-likeness (QED) is 0.764. The lowest BCUT2D eigenvalue weighted by Gasteiger charge is -2.16. The zero-order valence-corrected chi connectivity index (χ0v) is 16.3. The molecule has 28 heavy (non-hydrogen) atoms. The van der Waals surface area contributed by atoms with Crippen LogP contribution in [-0.4, -0.2) is 43.5 Å². The number of benzene rings is 2. The summed E-state index contributed by atoms with van der Waals surface area (Å²) in [5.74, 6) is 0.882. The Morgan fingerprint density at radius 1 is 1.32 bits per heavy atom. The zero-order valence-electron chi connectivity index (χ0n) is 16.3. The summed E-state index contributed by atoms with van der Waals surface area (Å²) in [6, 6.07) is 11.1. The van der Waals surface area contributed by atoms with E-state index in [0.29, 0.717) is 12.1 Å². The Balaban J connectivity index is 1.75. The average Bonchev–Trinajstić information content (AvgIpc) is 3.05. The van der Waals surface area contributed by atoms with E-state index in [9.17, 15) is 9.59 Å². The average molecular weight is 383 g/mol. The monoisotopic (exact) mass is 383 g/mol. The highest BCUT2D eigenvalue weighted by atomic mass is 16.5. The standard InChI is InChI=1S/C21H25N3O4/c1-13-7-15-9-18(27-3)10-16(20(15)28-13)11-23-17-6-4-5-14(8-17)21(26)24(2)12-19(22)25/h4-6,8-10,13,23H,7,11-12H2,1-3H3,(H2,22,25). The second-order valence-corrected chi connectivity index (χ2v) is 6.97. The first kappa shape index (κ1) is 19.5. The van der Waals surface area contributed by atoms with Gasteiger partial charge in [0.25, 0.3) is 5.91 Å². The molecule has 1 aliphatic heterocycles. The van der Waals surface area contributed by atoms with Gasteiger partial charge in [-0.25, -0.2) is 0 Å². The third-order valence-electron chi connectivity index (χ3n) is 4.61. The Labute approximate surface area is 164 Å². The number of ether oxygens (including phenoxy) is 2. The molecule has 0 bridgehead atoms. The third-order valence-corrected chi connectivity index (χ3v) is 4.61. The smallest absolute Gasteiger partial charge is 0.254 e. The van der Waals surface area contributed by atoms with Crippen LogP contribution in [0.5, 0.6) is 11.5 Å². The van der Waals surface area contributed by atoms with Crippen LogP contribution in [-0.2, 0) is 17.8 Å². The van der Waals surface area contributed by atoms with E-state index in [-0.39, 0.29) is 18.6 Å². The SMILES string of the molecule is COc1cc(CNc2cccc(C(=O)N(C)CC(N)=O)c2)c2c(c1)CC(C)O2. The van der Waals surface area contributed by atoms with E-state index in [4.69, 9.17) is 15.2 Å². The van der Waals surface area contributed by atoms with Gasteiger partial charge in [0.15, 0.2) is 0 Å². The number of rotatable bonds is 7. The fraction of sp³-hybridized carbons (Fsp3) is 0.333. The van der Waals surface area contributed by atoms with Gasteiger partial charge in [0.1, 0.15) is 17.6 Å². The Morgan fingerprint density at radius 2 is 2.11 bits per heavy atom. The summed E-state index contributed by atoms with van der Waals surface area (Å²) >= 11 is 0. The van der Waals surface area contributed by atoms with Crippen molar-refractivity contribution in [1.82, 2.24) is 4.90 Å². The van der Waals surface area contributed by atoms with Gasteiger partial charge in [0, 0.05) is 42.4 Å². The fourth-order valence-corrected chi connectivity index (χ4v) is 3.31. The van der Waals surface area contributed by atoms with Gasteiger partial charge in [-0.2, -0.15) is 0 Å². The Bertz CT molecular complexity index is 897. The van der Waals surface area contributed by atoms with E-state index in [2.05, 4.69) is 5.32 Å². The summed E-state index contributed by atoms with van der Waals surface area (Å²) in [7, 11) is 3.20. The summed E-state index contributed by atoms with van der Waals surface area (Å²) in [6.45, 7) is 2.45. The van der Waals surface area contributed by atoms with E-state index in [1.165, 1.54) is 4.90 Å².